The Labute approximate surface area is 115 Å². The van der Waals surface area contributed by atoms with Crippen molar-refractivity contribution in [2.24, 2.45) is 11.7 Å². The third-order valence-electron chi connectivity index (χ3n) is 3.55. The summed E-state index contributed by atoms with van der Waals surface area (Å²) < 4.78 is 13.2. The number of Topliss-reactive ketones (excluding diaryl/α,β-unsaturated/α-hetero) is 1. The highest BCUT2D eigenvalue weighted by molar-refractivity contribution is 5.97. The fourth-order valence-electron chi connectivity index (χ4n) is 2.44. The third kappa shape index (κ3) is 5.11. The summed E-state index contributed by atoms with van der Waals surface area (Å²) in [5, 5.41) is 0. The van der Waals surface area contributed by atoms with E-state index >= 15 is 0 Å². The van der Waals surface area contributed by atoms with Crippen LogP contribution in [0.25, 0.3) is 0 Å². The molecule has 0 fully saturated rings. The van der Waals surface area contributed by atoms with Gasteiger partial charge in [-0.05, 0) is 49.9 Å². The van der Waals surface area contributed by atoms with Gasteiger partial charge in [-0.25, -0.2) is 4.39 Å². The summed E-state index contributed by atoms with van der Waals surface area (Å²) in [5.74, 6) is 0.198. The Morgan fingerprint density at radius 1 is 1.32 bits per heavy atom. The standard InChI is InChI=1S/C16H24FNO/c1-3-4-13(9-10-18)6-8-16(19)15-11-14(17)7-5-12(15)2/h5,7,11,13H,3-4,6,8-10,18H2,1-2H3. The average Bonchev–Trinajstić information content (AvgIpc) is 2.39. The van der Waals surface area contributed by atoms with Crippen LogP contribution in [0.15, 0.2) is 18.2 Å². The lowest BCUT2D eigenvalue weighted by Gasteiger charge is -2.14. The quantitative estimate of drug-likeness (QED) is 0.725. The molecule has 0 amide bonds. The number of benzene rings is 1. The minimum atomic E-state index is -0.346. The van der Waals surface area contributed by atoms with Crippen molar-refractivity contribution < 1.29 is 9.18 Å². The van der Waals surface area contributed by atoms with Crippen molar-refractivity contribution in [1.82, 2.24) is 0 Å². The van der Waals surface area contributed by atoms with Gasteiger partial charge in [0.05, 0.1) is 0 Å². The van der Waals surface area contributed by atoms with Gasteiger partial charge in [-0.1, -0.05) is 25.8 Å². The van der Waals surface area contributed by atoms with E-state index in [2.05, 4.69) is 6.92 Å². The molecule has 1 atom stereocenters. The molecule has 0 saturated carbocycles. The molecule has 1 aromatic carbocycles. The van der Waals surface area contributed by atoms with Crippen LogP contribution in [-0.4, -0.2) is 12.3 Å². The summed E-state index contributed by atoms with van der Waals surface area (Å²) in [5.41, 5.74) is 6.95. The second kappa shape index (κ2) is 8.05. The maximum Gasteiger partial charge on any atom is 0.163 e. The molecule has 3 heteroatoms. The molecule has 0 radical (unpaired) electrons. The molecule has 0 bridgehead atoms. The van der Waals surface area contributed by atoms with Crippen molar-refractivity contribution in [2.75, 3.05) is 6.54 Å². The molecule has 0 saturated heterocycles. The number of carbonyl (C=O) groups is 1. The van der Waals surface area contributed by atoms with E-state index in [0.717, 1.165) is 31.2 Å². The predicted molar refractivity (Wildman–Crippen MR) is 76.8 cm³/mol. The van der Waals surface area contributed by atoms with Crippen LogP contribution in [-0.2, 0) is 0 Å². The molecule has 106 valence electrons. The Bertz CT molecular complexity index is 411. The van der Waals surface area contributed by atoms with E-state index < -0.39 is 0 Å². The van der Waals surface area contributed by atoms with Crippen molar-refractivity contribution in [2.45, 2.75) is 46.0 Å². The number of ketones is 1. The molecular weight excluding hydrogens is 241 g/mol. The summed E-state index contributed by atoms with van der Waals surface area (Å²) in [6, 6.07) is 4.39. The Morgan fingerprint density at radius 3 is 2.68 bits per heavy atom. The number of aryl methyl sites for hydroxylation is 1. The van der Waals surface area contributed by atoms with Gasteiger partial charge >= 0.3 is 0 Å². The van der Waals surface area contributed by atoms with E-state index in [4.69, 9.17) is 5.73 Å². The van der Waals surface area contributed by atoms with Gasteiger partial charge in [-0.15, -0.1) is 0 Å². The van der Waals surface area contributed by atoms with Gasteiger partial charge in [-0.3, -0.25) is 4.79 Å². The SMILES string of the molecule is CCCC(CCN)CCC(=O)c1cc(F)ccc1C. The lowest BCUT2D eigenvalue weighted by atomic mass is 9.91. The van der Waals surface area contributed by atoms with Crippen LogP contribution in [0.1, 0.15) is 54.9 Å². The number of hydrogen-bond acceptors (Lipinski definition) is 2. The molecule has 1 rings (SSSR count). The Hall–Kier alpha value is -1.22. The first-order valence-electron chi connectivity index (χ1n) is 7.07. The Morgan fingerprint density at radius 2 is 2.05 bits per heavy atom. The zero-order valence-corrected chi connectivity index (χ0v) is 11.9. The summed E-state index contributed by atoms with van der Waals surface area (Å²) in [6.45, 7) is 4.65. The molecular formula is C16H24FNO. The van der Waals surface area contributed by atoms with Crippen molar-refractivity contribution in [1.29, 1.82) is 0 Å². The topological polar surface area (TPSA) is 43.1 Å². The molecule has 19 heavy (non-hydrogen) atoms. The van der Waals surface area contributed by atoms with Crippen molar-refractivity contribution in [3.05, 3.63) is 35.1 Å². The second-order valence-electron chi connectivity index (χ2n) is 5.15. The van der Waals surface area contributed by atoms with E-state index in [1.165, 1.54) is 12.1 Å². The zero-order valence-electron chi connectivity index (χ0n) is 11.9. The molecule has 2 nitrogen and oxygen atoms in total. The number of carbonyl (C=O) groups excluding carboxylic acids is 1. The minimum absolute atomic E-state index is 0.0372. The first-order chi connectivity index (χ1) is 9.08. The second-order valence-corrected chi connectivity index (χ2v) is 5.15. The van der Waals surface area contributed by atoms with Crippen LogP contribution < -0.4 is 5.73 Å². The lowest BCUT2D eigenvalue weighted by molar-refractivity contribution is 0.0971. The minimum Gasteiger partial charge on any atom is -0.330 e. The van der Waals surface area contributed by atoms with Crippen LogP contribution in [0.5, 0.6) is 0 Å². The van der Waals surface area contributed by atoms with Crippen molar-refractivity contribution >= 4 is 5.78 Å². The molecule has 0 aliphatic rings. The van der Waals surface area contributed by atoms with Gasteiger partial charge in [0.25, 0.3) is 0 Å². The van der Waals surface area contributed by atoms with Gasteiger partial charge in [0.1, 0.15) is 5.82 Å². The Kier molecular flexibility index (Phi) is 6.71. The number of rotatable bonds is 8. The highest BCUT2D eigenvalue weighted by Crippen LogP contribution is 2.20. The van der Waals surface area contributed by atoms with Gasteiger partial charge < -0.3 is 5.73 Å². The van der Waals surface area contributed by atoms with Gasteiger partial charge in [0.2, 0.25) is 0 Å². The monoisotopic (exact) mass is 265 g/mol. The van der Waals surface area contributed by atoms with Crippen LogP contribution in [0.3, 0.4) is 0 Å². The molecule has 1 unspecified atom stereocenters. The smallest absolute Gasteiger partial charge is 0.163 e. The summed E-state index contributed by atoms with van der Waals surface area (Å²) in [4.78, 5) is 12.1. The molecule has 0 spiro atoms. The fraction of sp³-hybridized carbons (Fsp3) is 0.562. The third-order valence-corrected chi connectivity index (χ3v) is 3.55. The van der Waals surface area contributed by atoms with E-state index in [0.29, 0.717) is 24.4 Å². The van der Waals surface area contributed by atoms with Crippen molar-refractivity contribution in [3.63, 3.8) is 0 Å². The number of halogens is 1. The molecule has 0 heterocycles. The molecule has 0 aromatic heterocycles. The summed E-state index contributed by atoms with van der Waals surface area (Å²) in [6.07, 6.45) is 4.50. The highest BCUT2D eigenvalue weighted by atomic mass is 19.1. The van der Waals surface area contributed by atoms with Crippen molar-refractivity contribution in [3.8, 4) is 0 Å². The van der Waals surface area contributed by atoms with Gasteiger partial charge in [-0.2, -0.15) is 0 Å². The largest absolute Gasteiger partial charge is 0.330 e. The Balaban J connectivity index is 2.61. The molecule has 1 aromatic rings. The molecule has 0 aliphatic heterocycles. The maximum absolute atomic E-state index is 13.2. The summed E-state index contributed by atoms with van der Waals surface area (Å²) in [7, 11) is 0. The first kappa shape index (κ1) is 15.8. The lowest BCUT2D eigenvalue weighted by Crippen LogP contribution is -2.11. The van der Waals surface area contributed by atoms with Crippen LogP contribution >= 0.6 is 0 Å². The molecule has 0 aliphatic carbocycles. The molecule has 2 N–H and O–H groups in total. The van der Waals surface area contributed by atoms with E-state index in [1.807, 2.05) is 6.92 Å². The zero-order chi connectivity index (χ0) is 14.3. The maximum atomic E-state index is 13.2. The number of hydrogen-bond donors (Lipinski definition) is 1. The summed E-state index contributed by atoms with van der Waals surface area (Å²) >= 11 is 0. The van der Waals surface area contributed by atoms with Gasteiger partial charge in [0, 0.05) is 12.0 Å². The number of nitrogens with two attached hydrogens (primary N) is 1. The highest BCUT2D eigenvalue weighted by Gasteiger charge is 2.13. The van der Waals surface area contributed by atoms with E-state index in [1.54, 1.807) is 6.07 Å². The van der Waals surface area contributed by atoms with Crippen LogP contribution in [0.4, 0.5) is 4.39 Å². The van der Waals surface area contributed by atoms with E-state index in [-0.39, 0.29) is 11.6 Å². The predicted octanol–water partition coefficient (Wildman–Crippen LogP) is 3.86. The van der Waals surface area contributed by atoms with Gasteiger partial charge in [0.15, 0.2) is 5.78 Å². The normalized spacial score (nSPS) is 12.4. The van der Waals surface area contributed by atoms with Crippen LogP contribution in [0.2, 0.25) is 0 Å². The van der Waals surface area contributed by atoms with E-state index in [9.17, 15) is 9.18 Å². The fourth-order valence-corrected chi connectivity index (χ4v) is 2.44. The average molecular weight is 265 g/mol. The first-order valence-corrected chi connectivity index (χ1v) is 7.07. The van der Waals surface area contributed by atoms with Crippen LogP contribution in [0, 0.1) is 18.7 Å².